The molecule has 0 bridgehead atoms. The molecule has 7 nitrogen and oxygen atoms in total. The van der Waals surface area contributed by atoms with E-state index in [0.29, 0.717) is 5.82 Å². The third-order valence-electron chi connectivity index (χ3n) is 5.24. The molecule has 0 radical (unpaired) electrons. The topological polar surface area (TPSA) is 67.2 Å². The lowest BCUT2D eigenvalue weighted by molar-refractivity contribution is 0.0781. The minimum absolute atomic E-state index is 0.0535. The molecule has 0 aliphatic carbocycles. The number of carbonyl (C=O) groups excluding carboxylic acids is 1. The maximum atomic E-state index is 12.8. The van der Waals surface area contributed by atoms with Gasteiger partial charge >= 0.3 is 0 Å². The second-order valence-corrected chi connectivity index (χ2v) is 7.05. The van der Waals surface area contributed by atoms with E-state index in [2.05, 4.69) is 26.9 Å². The summed E-state index contributed by atoms with van der Waals surface area (Å²) >= 11 is 0. The van der Waals surface area contributed by atoms with Crippen molar-refractivity contribution in [2.75, 3.05) is 31.1 Å². The van der Waals surface area contributed by atoms with E-state index in [0.717, 1.165) is 74.6 Å². The van der Waals surface area contributed by atoms with Gasteiger partial charge in [0.1, 0.15) is 5.82 Å². The highest BCUT2D eigenvalue weighted by Gasteiger charge is 2.26. The first-order valence-electron chi connectivity index (χ1n) is 8.87. The number of anilines is 1. The van der Waals surface area contributed by atoms with Gasteiger partial charge < -0.3 is 9.80 Å². The predicted molar refractivity (Wildman–Crippen MR) is 92.1 cm³/mol. The first-order valence-corrected chi connectivity index (χ1v) is 8.87. The van der Waals surface area contributed by atoms with Gasteiger partial charge in [-0.05, 0) is 31.6 Å². The zero-order valence-corrected chi connectivity index (χ0v) is 14.4. The third-order valence-corrected chi connectivity index (χ3v) is 5.24. The molecule has 7 heteroatoms. The van der Waals surface area contributed by atoms with Crippen LogP contribution < -0.4 is 4.90 Å². The normalized spacial score (nSPS) is 19.4. The maximum absolute atomic E-state index is 12.8. The van der Waals surface area contributed by atoms with Crippen LogP contribution in [0.25, 0.3) is 11.0 Å². The fraction of sp³-hybridized carbons (Fsp3) is 0.647. The molecule has 2 aliphatic rings. The number of aromatic nitrogens is 4. The summed E-state index contributed by atoms with van der Waals surface area (Å²) in [6, 6.07) is 0. The number of likely N-dealkylation sites (tertiary alicyclic amines) is 1. The van der Waals surface area contributed by atoms with E-state index in [1.54, 1.807) is 4.68 Å². The van der Waals surface area contributed by atoms with E-state index in [-0.39, 0.29) is 5.91 Å². The second kappa shape index (κ2) is 6.03. The van der Waals surface area contributed by atoms with Gasteiger partial charge in [-0.3, -0.25) is 9.48 Å². The second-order valence-electron chi connectivity index (χ2n) is 7.05. The van der Waals surface area contributed by atoms with Crippen LogP contribution in [0.4, 0.5) is 5.82 Å². The highest BCUT2D eigenvalue weighted by molar-refractivity contribution is 5.95. The number of hydrogen-bond acceptors (Lipinski definition) is 5. The van der Waals surface area contributed by atoms with Gasteiger partial charge in [-0.15, -0.1) is 0 Å². The molecule has 0 saturated carbocycles. The summed E-state index contributed by atoms with van der Waals surface area (Å²) < 4.78 is 1.73. The molecule has 128 valence electrons. The minimum Gasteiger partial charge on any atom is -0.356 e. The Morgan fingerprint density at radius 3 is 2.54 bits per heavy atom. The minimum atomic E-state index is -0.0535. The van der Waals surface area contributed by atoms with Crippen LogP contribution in [0.1, 0.15) is 43.2 Å². The van der Waals surface area contributed by atoms with Crippen LogP contribution in [-0.4, -0.2) is 56.7 Å². The molecule has 24 heavy (non-hydrogen) atoms. The Balaban J connectivity index is 1.75. The molecule has 2 aromatic heterocycles. The number of amides is 1. The molecule has 2 aliphatic heterocycles. The number of piperidine rings is 1. The molecule has 4 heterocycles. The molecule has 0 atom stereocenters. The van der Waals surface area contributed by atoms with Crippen molar-refractivity contribution in [3.63, 3.8) is 0 Å². The lowest BCUT2D eigenvalue weighted by Gasteiger charge is -2.31. The van der Waals surface area contributed by atoms with E-state index in [1.807, 2.05) is 18.1 Å². The summed E-state index contributed by atoms with van der Waals surface area (Å²) in [5.41, 5.74) is 0.737. The molecule has 4 rings (SSSR count). The van der Waals surface area contributed by atoms with E-state index in [9.17, 15) is 4.79 Å². The Hall–Kier alpha value is -2.18. The van der Waals surface area contributed by atoms with Gasteiger partial charge in [-0.25, -0.2) is 9.97 Å². The van der Waals surface area contributed by atoms with Gasteiger partial charge in [0.15, 0.2) is 5.65 Å². The quantitative estimate of drug-likeness (QED) is 0.841. The fourth-order valence-electron chi connectivity index (χ4n) is 3.63. The van der Waals surface area contributed by atoms with Crippen molar-refractivity contribution >= 4 is 22.8 Å². The first kappa shape index (κ1) is 15.4. The largest absolute Gasteiger partial charge is 0.356 e. The van der Waals surface area contributed by atoms with Crippen molar-refractivity contribution < 1.29 is 4.79 Å². The van der Waals surface area contributed by atoms with E-state index >= 15 is 0 Å². The monoisotopic (exact) mass is 328 g/mol. The lowest BCUT2D eigenvalue weighted by Crippen LogP contribution is -2.35. The summed E-state index contributed by atoms with van der Waals surface area (Å²) in [5.74, 6) is 1.87. The molecule has 0 unspecified atom stereocenters. The molecule has 2 aromatic rings. The van der Waals surface area contributed by atoms with Crippen LogP contribution in [0.5, 0.6) is 0 Å². The van der Waals surface area contributed by atoms with Gasteiger partial charge in [0, 0.05) is 33.2 Å². The Bertz CT molecular complexity index is 756. The van der Waals surface area contributed by atoms with Gasteiger partial charge in [0.2, 0.25) is 5.82 Å². The highest BCUT2D eigenvalue weighted by atomic mass is 16.2. The summed E-state index contributed by atoms with van der Waals surface area (Å²) in [6.07, 6.45) is 6.25. The summed E-state index contributed by atoms with van der Waals surface area (Å²) in [4.78, 5) is 26.1. The smallest absolute Gasteiger partial charge is 0.291 e. The molecule has 0 N–H and O–H groups in total. The fourth-order valence-corrected chi connectivity index (χ4v) is 3.63. The number of nitrogens with zero attached hydrogens (tertiary/aromatic N) is 6. The summed E-state index contributed by atoms with van der Waals surface area (Å²) in [7, 11) is 1.86. The molecule has 2 fully saturated rings. The highest BCUT2D eigenvalue weighted by Crippen LogP contribution is 2.28. The molecule has 0 aromatic carbocycles. The number of hydrogen-bond donors (Lipinski definition) is 0. The van der Waals surface area contributed by atoms with Crippen molar-refractivity contribution in [1.29, 1.82) is 0 Å². The van der Waals surface area contributed by atoms with Gasteiger partial charge in [-0.1, -0.05) is 6.92 Å². The van der Waals surface area contributed by atoms with Crippen LogP contribution in [0.15, 0.2) is 6.20 Å². The SMILES string of the molecule is CC1CCN(c2nc(C(=O)N3CCCC3)nc3c2cnn3C)CC1. The zero-order chi connectivity index (χ0) is 16.7. The third kappa shape index (κ3) is 2.61. The van der Waals surface area contributed by atoms with Gasteiger partial charge in [0.05, 0.1) is 11.6 Å². The Kier molecular flexibility index (Phi) is 3.86. The average Bonchev–Trinajstić information content (AvgIpc) is 3.25. The number of fused-ring (bicyclic) bond motifs is 1. The van der Waals surface area contributed by atoms with Crippen LogP contribution in [0.3, 0.4) is 0 Å². The van der Waals surface area contributed by atoms with Gasteiger partial charge in [0.25, 0.3) is 5.91 Å². The average molecular weight is 328 g/mol. The molecular weight excluding hydrogens is 304 g/mol. The van der Waals surface area contributed by atoms with Crippen molar-refractivity contribution in [2.45, 2.75) is 32.6 Å². The molecular formula is C17H24N6O. The van der Waals surface area contributed by atoms with Crippen molar-refractivity contribution in [1.82, 2.24) is 24.6 Å². The predicted octanol–water partition coefficient (Wildman–Crippen LogP) is 1.84. The summed E-state index contributed by atoms with van der Waals surface area (Å²) in [5, 5.41) is 5.26. The van der Waals surface area contributed by atoms with Crippen molar-refractivity contribution in [2.24, 2.45) is 13.0 Å². The van der Waals surface area contributed by atoms with Crippen molar-refractivity contribution in [3.8, 4) is 0 Å². The molecule has 1 amide bonds. The molecule has 2 saturated heterocycles. The molecule has 0 spiro atoms. The Morgan fingerprint density at radius 2 is 1.83 bits per heavy atom. The lowest BCUT2D eigenvalue weighted by atomic mass is 9.99. The van der Waals surface area contributed by atoms with Gasteiger partial charge in [-0.2, -0.15) is 5.10 Å². The van der Waals surface area contributed by atoms with E-state index < -0.39 is 0 Å². The first-order chi connectivity index (χ1) is 11.6. The van der Waals surface area contributed by atoms with Crippen LogP contribution in [0, 0.1) is 5.92 Å². The van der Waals surface area contributed by atoms with Crippen LogP contribution in [-0.2, 0) is 7.05 Å². The van der Waals surface area contributed by atoms with Crippen LogP contribution in [0.2, 0.25) is 0 Å². The number of aryl methyl sites for hydroxylation is 1. The Morgan fingerprint density at radius 1 is 1.12 bits per heavy atom. The zero-order valence-electron chi connectivity index (χ0n) is 14.4. The standard InChI is InChI=1S/C17H24N6O/c1-12-5-9-22(10-6-12)16-13-11-18-21(2)15(13)19-14(20-16)17(24)23-7-3-4-8-23/h11-12H,3-10H2,1-2H3. The number of rotatable bonds is 2. The van der Waals surface area contributed by atoms with E-state index in [1.165, 1.54) is 0 Å². The van der Waals surface area contributed by atoms with E-state index in [4.69, 9.17) is 0 Å². The van der Waals surface area contributed by atoms with Crippen LogP contribution >= 0.6 is 0 Å². The maximum Gasteiger partial charge on any atom is 0.291 e. The van der Waals surface area contributed by atoms with Crippen molar-refractivity contribution in [3.05, 3.63) is 12.0 Å². The Labute approximate surface area is 141 Å². The summed E-state index contributed by atoms with van der Waals surface area (Å²) in [6.45, 7) is 5.85. The number of carbonyl (C=O) groups is 1.